The van der Waals surface area contributed by atoms with Gasteiger partial charge >= 0.3 is 0 Å². The van der Waals surface area contributed by atoms with Gasteiger partial charge < -0.3 is 14.6 Å². The molecule has 1 aromatic carbocycles. The van der Waals surface area contributed by atoms with Crippen LogP contribution in [0.25, 0.3) is 0 Å². The lowest BCUT2D eigenvalue weighted by Gasteiger charge is -2.37. The molecule has 1 fully saturated rings. The molecule has 2 aliphatic heterocycles. The third kappa shape index (κ3) is 5.03. The maximum Gasteiger partial charge on any atom is 0.282 e. The number of benzene rings is 1. The Hall–Kier alpha value is -2.16. The number of aromatic nitrogens is 1. The van der Waals surface area contributed by atoms with Crippen molar-refractivity contribution in [2.75, 3.05) is 24.1 Å². The van der Waals surface area contributed by atoms with Gasteiger partial charge in [0.15, 0.2) is 5.03 Å². The average molecular weight is 475 g/mol. The van der Waals surface area contributed by atoms with E-state index in [-0.39, 0.29) is 23.4 Å². The zero-order valence-electron chi connectivity index (χ0n) is 19.5. The number of pyridine rings is 1. The first-order valence-corrected chi connectivity index (χ1v) is 13.4. The maximum atomic E-state index is 13.8. The fourth-order valence-corrected chi connectivity index (χ4v) is 6.44. The van der Waals surface area contributed by atoms with Crippen LogP contribution in [0.2, 0.25) is 0 Å². The van der Waals surface area contributed by atoms with Crippen molar-refractivity contribution < 1.29 is 23.0 Å². The van der Waals surface area contributed by atoms with Gasteiger partial charge in [-0.1, -0.05) is 26.0 Å². The standard InChI is InChI=1S/C25H34N2O5S/c1-3-18-5-8-23-20(15-18)6-7-21(4-2)27(23)33(29,30)25-10-9-24(22(16-28)26-25)32-17-19-11-13-31-14-12-19/h5,8-10,15,19,21,28H,3-4,6-7,11-14,16-17H2,1-2H3. The predicted molar refractivity (Wildman–Crippen MR) is 127 cm³/mol. The number of aliphatic hydroxyl groups excluding tert-OH is 1. The first kappa shape index (κ1) is 24.0. The summed E-state index contributed by atoms with van der Waals surface area (Å²) in [6, 6.07) is 9.03. The van der Waals surface area contributed by atoms with Crippen LogP contribution in [0.5, 0.6) is 5.75 Å². The number of aliphatic hydroxyl groups is 1. The van der Waals surface area contributed by atoms with Crippen LogP contribution in [0, 0.1) is 5.92 Å². The molecule has 1 aromatic heterocycles. The van der Waals surface area contributed by atoms with Gasteiger partial charge in [0, 0.05) is 19.3 Å². The van der Waals surface area contributed by atoms with Gasteiger partial charge in [-0.05, 0) is 73.8 Å². The van der Waals surface area contributed by atoms with Crippen LogP contribution >= 0.6 is 0 Å². The highest BCUT2D eigenvalue weighted by Gasteiger charge is 2.36. The van der Waals surface area contributed by atoms with Gasteiger partial charge in [-0.25, -0.2) is 4.98 Å². The lowest BCUT2D eigenvalue weighted by Crippen LogP contribution is -2.43. The van der Waals surface area contributed by atoms with E-state index < -0.39 is 10.0 Å². The van der Waals surface area contributed by atoms with Gasteiger partial charge in [-0.3, -0.25) is 4.31 Å². The molecule has 0 amide bonds. The summed E-state index contributed by atoms with van der Waals surface area (Å²) < 4.78 is 40.4. The van der Waals surface area contributed by atoms with Crippen molar-refractivity contribution in [2.45, 2.75) is 70.0 Å². The molecular weight excluding hydrogens is 440 g/mol. The van der Waals surface area contributed by atoms with Crippen LogP contribution in [-0.4, -0.2) is 44.4 Å². The van der Waals surface area contributed by atoms with E-state index in [1.165, 1.54) is 15.9 Å². The van der Waals surface area contributed by atoms with Crippen LogP contribution in [0.3, 0.4) is 0 Å². The van der Waals surface area contributed by atoms with Crippen LogP contribution in [0.1, 0.15) is 56.4 Å². The lowest BCUT2D eigenvalue weighted by molar-refractivity contribution is 0.0493. The molecule has 1 N–H and O–H groups in total. The molecule has 2 aliphatic rings. The Kier molecular flexibility index (Phi) is 7.56. The van der Waals surface area contributed by atoms with Crippen molar-refractivity contribution in [3.8, 4) is 5.75 Å². The van der Waals surface area contributed by atoms with Gasteiger partial charge in [0.25, 0.3) is 10.0 Å². The molecule has 0 aliphatic carbocycles. The SMILES string of the molecule is CCc1ccc2c(c1)CCC(CC)N2S(=O)(=O)c1ccc(OCC2CCOCC2)c(CO)n1. The molecule has 1 saturated heterocycles. The summed E-state index contributed by atoms with van der Waals surface area (Å²) in [5, 5.41) is 9.84. The van der Waals surface area contributed by atoms with E-state index in [1.807, 2.05) is 19.1 Å². The van der Waals surface area contributed by atoms with E-state index in [4.69, 9.17) is 9.47 Å². The molecule has 4 rings (SSSR count). The summed E-state index contributed by atoms with van der Waals surface area (Å²) in [6.45, 7) is 5.68. The number of rotatable bonds is 8. The van der Waals surface area contributed by atoms with Crippen molar-refractivity contribution in [3.05, 3.63) is 47.2 Å². The molecule has 180 valence electrons. The van der Waals surface area contributed by atoms with Crippen molar-refractivity contribution in [1.82, 2.24) is 4.98 Å². The average Bonchev–Trinajstić information content (AvgIpc) is 2.86. The lowest BCUT2D eigenvalue weighted by atomic mass is 9.94. The summed E-state index contributed by atoms with van der Waals surface area (Å²) in [4.78, 5) is 4.35. The van der Waals surface area contributed by atoms with E-state index >= 15 is 0 Å². The molecule has 7 nitrogen and oxygen atoms in total. The van der Waals surface area contributed by atoms with E-state index in [2.05, 4.69) is 18.0 Å². The Labute approximate surface area is 196 Å². The smallest absolute Gasteiger partial charge is 0.282 e. The Morgan fingerprint density at radius 2 is 1.94 bits per heavy atom. The van der Waals surface area contributed by atoms with Gasteiger partial charge in [0.2, 0.25) is 0 Å². The molecule has 2 aromatic rings. The van der Waals surface area contributed by atoms with Gasteiger partial charge in [-0.2, -0.15) is 8.42 Å². The van der Waals surface area contributed by atoms with Crippen molar-refractivity contribution in [1.29, 1.82) is 0 Å². The number of aryl methyl sites for hydroxylation is 2. The van der Waals surface area contributed by atoms with Crippen LogP contribution in [0.15, 0.2) is 35.4 Å². The highest BCUT2D eigenvalue weighted by atomic mass is 32.2. The topological polar surface area (TPSA) is 89.0 Å². The minimum absolute atomic E-state index is 0.0594. The fraction of sp³-hybridized carbons (Fsp3) is 0.560. The molecule has 3 heterocycles. The molecule has 1 atom stereocenters. The number of ether oxygens (including phenoxy) is 2. The van der Waals surface area contributed by atoms with Gasteiger partial charge in [0.1, 0.15) is 11.4 Å². The zero-order valence-corrected chi connectivity index (χ0v) is 20.3. The van der Waals surface area contributed by atoms with E-state index in [0.717, 1.165) is 56.6 Å². The minimum Gasteiger partial charge on any atom is -0.491 e. The fourth-order valence-electron chi connectivity index (χ4n) is 4.68. The van der Waals surface area contributed by atoms with E-state index in [9.17, 15) is 13.5 Å². The van der Waals surface area contributed by atoms with Crippen molar-refractivity contribution in [3.63, 3.8) is 0 Å². The van der Waals surface area contributed by atoms with Crippen molar-refractivity contribution >= 4 is 15.7 Å². The van der Waals surface area contributed by atoms with E-state index in [0.29, 0.717) is 24.7 Å². The predicted octanol–water partition coefficient (Wildman–Crippen LogP) is 3.86. The Morgan fingerprint density at radius 3 is 2.64 bits per heavy atom. The Bertz CT molecular complexity index is 1070. The zero-order chi connectivity index (χ0) is 23.4. The summed E-state index contributed by atoms with van der Waals surface area (Å²) in [5.74, 6) is 0.818. The number of sulfonamides is 1. The molecule has 0 bridgehead atoms. The van der Waals surface area contributed by atoms with Gasteiger partial charge in [-0.15, -0.1) is 0 Å². The quantitative estimate of drug-likeness (QED) is 0.625. The van der Waals surface area contributed by atoms with Crippen LogP contribution < -0.4 is 9.04 Å². The third-order valence-electron chi connectivity index (χ3n) is 6.73. The number of hydrogen-bond donors (Lipinski definition) is 1. The van der Waals surface area contributed by atoms with Crippen LogP contribution in [0.4, 0.5) is 5.69 Å². The second kappa shape index (κ2) is 10.4. The third-order valence-corrected chi connectivity index (χ3v) is 8.50. The molecule has 0 radical (unpaired) electrons. The minimum atomic E-state index is -3.90. The summed E-state index contributed by atoms with van der Waals surface area (Å²) in [6.07, 6.45) is 5.13. The maximum absolute atomic E-state index is 13.8. The van der Waals surface area contributed by atoms with Gasteiger partial charge in [0.05, 0.1) is 18.9 Å². The second-order valence-electron chi connectivity index (χ2n) is 8.84. The summed E-state index contributed by atoms with van der Waals surface area (Å²) >= 11 is 0. The summed E-state index contributed by atoms with van der Waals surface area (Å²) in [7, 11) is -3.90. The van der Waals surface area contributed by atoms with Crippen LogP contribution in [-0.2, 0) is 34.2 Å². The molecule has 1 unspecified atom stereocenters. The first-order valence-electron chi connectivity index (χ1n) is 12.0. The number of anilines is 1. The van der Waals surface area contributed by atoms with Crippen molar-refractivity contribution in [2.24, 2.45) is 5.92 Å². The number of nitrogens with zero attached hydrogens (tertiary/aromatic N) is 2. The first-order chi connectivity index (χ1) is 16.0. The number of fused-ring (bicyclic) bond motifs is 1. The molecule has 8 heteroatoms. The normalized spacial score (nSPS) is 19.4. The summed E-state index contributed by atoms with van der Waals surface area (Å²) in [5.41, 5.74) is 3.24. The second-order valence-corrected chi connectivity index (χ2v) is 10.6. The molecular formula is C25H34N2O5S. The van der Waals surface area contributed by atoms with E-state index in [1.54, 1.807) is 6.07 Å². The molecule has 0 spiro atoms. The Balaban J connectivity index is 1.63. The molecule has 33 heavy (non-hydrogen) atoms. The highest BCUT2D eigenvalue weighted by molar-refractivity contribution is 7.92. The highest BCUT2D eigenvalue weighted by Crippen LogP contribution is 2.37. The monoisotopic (exact) mass is 474 g/mol. The Morgan fingerprint density at radius 1 is 1.15 bits per heavy atom. The molecule has 0 saturated carbocycles. The number of hydrogen-bond acceptors (Lipinski definition) is 6. The largest absolute Gasteiger partial charge is 0.491 e.